The van der Waals surface area contributed by atoms with Crippen LogP contribution in [0.2, 0.25) is 0 Å². The highest BCUT2D eigenvalue weighted by atomic mass is 35.5. The quantitative estimate of drug-likeness (QED) is 0.383. The maximum atomic E-state index is 5.83. The summed E-state index contributed by atoms with van der Waals surface area (Å²) >= 11 is 11.7. The first kappa shape index (κ1) is 5.33. The van der Waals surface area contributed by atoms with Gasteiger partial charge in [-0.25, -0.2) is 0 Å². The van der Waals surface area contributed by atoms with Crippen LogP contribution in [-0.2, 0) is 4.74 Å². The van der Waals surface area contributed by atoms with Gasteiger partial charge in [-0.05, 0) is 19.3 Å². The lowest BCUT2D eigenvalue weighted by Gasteiger charge is -1.89. The molecule has 0 bridgehead atoms. The number of hydrogen-bond donors (Lipinski definition) is 0. The van der Waals surface area contributed by atoms with Crippen molar-refractivity contribution < 1.29 is 4.74 Å². The van der Waals surface area contributed by atoms with Gasteiger partial charge in [0.15, 0.2) is 10.1 Å². The van der Waals surface area contributed by atoms with Crippen molar-refractivity contribution in [2.24, 2.45) is 0 Å². The molecule has 0 aromatic rings. The number of ether oxygens (including phenoxy) is 1. The van der Waals surface area contributed by atoms with Crippen LogP contribution in [0.25, 0.3) is 0 Å². The second kappa shape index (κ2) is 1.18. The smallest absolute Gasteiger partial charge is 0.186 e. The summed E-state index contributed by atoms with van der Waals surface area (Å²) in [6, 6.07) is 0. The molecule has 1 aliphatic carbocycles. The Morgan fingerprint density at radius 2 is 1.62 bits per heavy atom. The number of rotatable bonds is 0. The zero-order valence-corrected chi connectivity index (χ0v) is 5.80. The van der Waals surface area contributed by atoms with E-state index in [0.717, 1.165) is 19.3 Å². The summed E-state index contributed by atoms with van der Waals surface area (Å²) in [6.07, 6.45) is 2.93. The molecule has 2 fully saturated rings. The first-order valence-electron chi connectivity index (χ1n) is 2.74. The minimum atomic E-state index is -0.464. The predicted molar refractivity (Wildman–Crippen MR) is 32.1 cm³/mol. The number of hydrogen-bond acceptors (Lipinski definition) is 1. The Kier molecular flexibility index (Phi) is 0.786. The SMILES string of the molecule is Cl[C@@]12CCC[C@]1(Cl)O2. The van der Waals surface area contributed by atoms with Crippen LogP contribution in [0.1, 0.15) is 19.3 Å². The van der Waals surface area contributed by atoms with E-state index in [1.165, 1.54) is 0 Å². The van der Waals surface area contributed by atoms with E-state index in [2.05, 4.69) is 0 Å². The number of fused-ring (bicyclic) bond motifs is 1. The Morgan fingerprint density at radius 1 is 1.12 bits per heavy atom. The minimum absolute atomic E-state index is 0.464. The molecule has 46 valence electrons. The lowest BCUT2D eigenvalue weighted by molar-refractivity contribution is 0.287. The second-order valence-electron chi connectivity index (χ2n) is 2.41. The summed E-state index contributed by atoms with van der Waals surface area (Å²) in [5.74, 6) is 0. The second-order valence-corrected chi connectivity index (χ2v) is 3.63. The molecule has 3 heteroatoms. The molecule has 0 spiro atoms. The molecular weight excluding hydrogens is 147 g/mol. The highest BCUT2D eigenvalue weighted by Crippen LogP contribution is 2.64. The molecule has 1 aliphatic heterocycles. The molecule has 8 heavy (non-hydrogen) atoms. The summed E-state index contributed by atoms with van der Waals surface area (Å²) in [5.41, 5.74) is 0. The number of epoxide rings is 1. The molecule has 2 atom stereocenters. The molecule has 1 nitrogen and oxygen atoms in total. The summed E-state index contributed by atoms with van der Waals surface area (Å²) in [6.45, 7) is 0. The van der Waals surface area contributed by atoms with E-state index in [0.29, 0.717) is 0 Å². The minimum Gasteiger partial charge on any atom is -0.329 e. The molecule has 2 rings (SSSR count). The normalized spacial score (nSPS) is 60.8. The van der Waals surface area contributed by atoms with Crippen molar-refractivity contribution in [3.8, 4) is 0 Å². The largest absolute Gasteiger partial charge is 0.329 e. The lowest BCUT2D eigenvalue weighted by atomic mass is 10.4. The Balaban J connectivity index is 2.26. The van der Waals surface area contributed by atoms with Gasteiger partial charge < -0.3 is 4.74 Å². The molecule has 1 saturated heterocycles. The van der Waals surface area contributed by atoms with Crippen LogP contribution in [0, 0.1) is 0 Å². The third kappa shape index (κ3) is 0.433. The predicted octanol–water partition coefficient (Wildman–Crippen LogP) is 2.07. The van der Waals surface area contributed by atoms with Crippen molar-refractivity contribution in [1.82, 2.24) is 0 Å². The number of alkyl halides is 2. The van der Waals surface area contributed by atoms with Gasteiger partial charge in [-0.1, -0.05) is 23.2 Å². The molecule has 0 N–H and O–H groups in total. The Bertz CT molecular complexity index is 116. The summed E-state index contributed by atoms with van der Waals surface area (Å²) in [4.78, 5) is 0. The standard InChI is InChI=1S/C5H6Cl2O/c6-4-2-1-3-5(4,7)8-4/h1-3H2/t4-,5+. The van der Waals surface area contributed by atoms with E-state index < -0.39 is 10.1 Å². The Hall–Kier alpha value is 0.540. The molecule has 1 heterocycles. The van der Waals surface area contributed by atoms with Crippen LogP contribution in [-0.4, -0.2) is 10.1 Å². The van der Waals surface area contributed by atoms with Crippen LogP contribution >= 0.6 is 23.2 Å². The van der Waals surface area contributed by atoms with Crippen LogP contribution in [0.15, 0.2) is 0 Å². The van der Waals surface area contributed by atoms with Gasteiger partial charge in [-0.15, -0.1) is 0 Å². The van der Waals surface area contributed by atoms with Gasteiger partial charge in [0, 0.05) is 0 Å². The average molecular weight is 153 g/mol. The summed E-state index contributed by atoms with van der Waals surface area (Å²) in [7, 11) is 0. The molecule has 0 aromatic heterocycles. The molecule has 0 unspecified atom stereocenters. The highest BCUT2D eigenvalue weighted by molar-refractivity contribution is 6.37. The van der Waals surface area contributed by atoms with Crippen LogP contribution in [0.5, 0.6) is 0 Å². The van der Waals surface area contributed by atoms with E-state index in [9.17, 15) is 0 Å². The topological polar surface area (TPSA) is 12.5 Å². The van der Waals surface area contributed by atoms with Gasteiger partial charge in [0.1, 0.15) is 0 Å². The molecule has 2 aliphatic rings. The zero-order chi connectivity index (χ0) is 5.83. The molecular formula is C5H6Cl2O. The molecule has 0 aromatic carbocycles. The van der Waals surface area contributed by atoms with Crippen molar-refractivity contribution in [3.05, 3.63) is 0 Å². The van der Waals surface area contributed by atoms with Crippen molar-refractivity contribution in [3.63, 3.8) is 0 Å². The molecule has 0 radical (unpaired) electrons. The maximum Gasteiger partial charge on any atom is 0.186 e. The summed E-state index contributed by atoms with van der Waals surface area (Å²) < 4.78 is 5.06. The van der Waals surface area contributed by atoms with E-state index in [-0.39, 0.29) is 0 Å². The van der Waals surface area contributed by atoms with Crippen molar-refractivity contribution in [1.29, 1.82) is 0 Å². The van der Waals surface area contributed by atoms with Gasteiger partial charge in [0.05, 0.1) is 0 Å². The first-order chi connectivity index (χ1) is 3.66. The fourth-order valence-corrected chi connectivity index (χ4v) is 2.01. The number of halogens is 2. The van der Waals surface area contributed by atoms with Crippen molar-refractivity contribution in [2.75, 3.05) is 0 Å². The third-order valence-corrected chi connectivity index (χ3v) is 3.08. The Labute approximate surface area is 57.9 Å². The van der Waals surface area contributed by atoms with E-state index in [1.807, 2.05) is 0 Å². The van der Waals surface area contributed by atoms with E-state index in [4.69, 9.17) is 27.9 Å². The fraction of sp³-hybridized carbons (Fsp3) is 1.00. The maximum absolute atomic E-state index is 5.83. The van der Waals surface area contributed by atoms with E-state index in [1.54, 1.807) is 0 Å². The third-order valence-electron chi connectivity index (χ3n) is 1.84. The molecule has 0 amide bonds. The van der Waals surface area contributed by atoms with Gasteiger partial charge >= 0.3 is 0 Å². The first-order valence-corrected chi connectivity index (χ1v) is 3.50. The van der Waals surface area contributed by atoms with E-state index >= 15 is 0 Å². The fourth-order valence-electron chi connectivity index (χ4n) is 1.25. The van der Waals surface area contributed by atoms with Gasteiger partial charge in [-0.2, -0.15) is 0 Å². The highest BCUT2D eigenvalue weighted by Gasteiger charge is 2.71. The van der Waals surface area contributed by atoms with Crippen molar-refractivity contribution >= 4 is 23.2 Å². The monoisotopic (exact) mass is 152 g/mol. The van der Waals surface area contributed by atoms with Crippen LogP contribution in [0.3, 0.4) is 0 Å². The lowest BCUT2D eigenvalue weighted by Crippen LogP contribution is -2.03. The van der Waals surface area contributed by atoms with Gasteiger partial charge in [0.2, 0.25) is 0 Å². The zero-order valence-electron chi connectivity index (χ0n) is 4.29. The molecule has 1 saturated carbocycles. The Morgan fingerprint density at radius 3 is 1.75 bits per heavy atom. The van der Waals surface area contributed by atoms with Crippen LogP contribution < -0.4 is 0 Å². The van der Waals surface area contributed by atoms with Gasteiger partial charge in [0.25, 0.3) is 0 Å². The van der Waals surface area contributed by atoms with Crippen LogP contribution in [0.4, 0.5) is 0 Å². The average Bonchev–Trinajstić information content (AvgIpc) is 2.00. The van der Waals surface area contributed by atoms with Crippen molar-refractivity contribution in [2.45, 2.75) is 29.4 Å². The summed E-state index contributed by atoms with van der Waals surface area (Å²) in [5, 5.41) is -0.927. The van der Waals surface area contributed by atoms with Gasteiger partial charge in [-0.3, -0.25) is 0 Å².